The van der Waals surface area contributed by atoms with Gasteiger partial charge in [-0.2, -0.15) is 0 Å². The second kappa shape index (κ2) is 9.00. The molecule has 2 aromatic rings. The SMILES string of the molecule is CC(C)C(=O)Nc1ccc(CNC(=O)C2(c3ccc4c(c3)OCO4)CCCCC2)cc1. The minimum absolute atomic E-state index is 0.0102. The molecule has 2 N–H and O–H groups in total. The zero-order chi connectivity index (χ0) is 21.8. The molecule has 164 valence electrons. The maximum atomic E-state index is 13.4. The summed E-state index contributed by atoms with van der Waals surface area (Å²) in [7, 11) is 0. The van der Waals surface area contributed by atoms with E-state index in [-0.39, 0.29) is 24.5 Å². The number of hydrogen-bond donors (Lipinski definition) is 2. The summed E-state index contributed by atoms with van der Waals surface area (Å²) in [5.41, 5.74) is 2.22. The Morgan fingerprint density at radius 2 is 1.68 bits per heavy atom. The number of carbonyl (C=O) groups excluding carboxylic acids is 2. The van der Waals surface area contributed by atoms with E-state index in [2.05, 4.69) is 10.6 Å². The Kier molecular flexibility index (Phi) is 6.16. The van der Waals surface area contributed by atoms with Gasteiger partial charge in [-0.3, -0.25) is 9.59 Å². The van der Waals surface area contributed by atoms with Gasteiger partial charge in [0.1, 0.15) is 0 Å². The highest BCUT2D eigenvalue weighted by atomic mass is 16.7. The van der Waals surface area contributed by atoms with Crippen LogP contribution in [-0.4, -0.2) is 18.6 Å². The number of nitrogens with one attached hydrogen (secondary N) is 2. The molecule has 0 unspecified atom stereocenters. The normalized spacial score (nSPS) is 16.7. The lowest BCUT2D eigenvalue weighted by Gasteiger charge is -2.36. The van der Waals surface area contributed by atoms with Crippen molar-refractivity contribution < 1.29 is 19.1 Å². The second-order valence-electron chi connectivity index (χ2n) is 8.73. The Morgan fingerprint density at radius 3 is 2.39 bits per heavy atom. The van der Waals surface area contributed by atoms with Crippen molar-refractivity contribution in [3.8, 4) is 11.5 Å². The maximum Gasteiger partial charge on any atom is 0.231 e. The number of rotatable bonds is 6. The van der Waals surface area contributed by atoms with Gasteiger partial charge in [0.15, 0.2) is 11.5 Å². The summed E-state index contributed by atoms with van der Waals surface area (Å²) in [6.45, 7) is 4.40. The van der Waals surface area contributed by atoms with Gasteiger partial charge < -0.3 is 20.1 Å². The zero-order valence-corrected chi connectivity index (χ0v) is 18.2. The van der Waals surface area contributed by atoms with Crippen LogP contribution in [0.2, 0.25) is 0 Å². The molecule has 0 spiro atoms. The summed E-state index contributed by atoms with van der Waals surface area (Å²) >= 11 is 0. The smallest absolute Gasteiger partial charge is 0.231 e. The highest BCUT2D eigenvalue weighted by Crippen LogP contribution is 2.43. The van der Waals surface area contributed by atoms with Crippen LogP contribution < -0.4 is 20.1 Å². The molecule has 0 bridgehead atoms. The molecule has 0 saturated heterocycles. The highest BCUT2D eigenvalue weighted by molar-refractivity contribution is 5.92. The number of carbonyl (C=O) groups is 2. The first kappa shape index (κ1) is 21.2. The number of hydrogen-bond acceptors (Lipinski definition) is 4. The molecular formula is C25H30N2O4. The molecule has 0 atom stereocenters. The average molecular weight is 423 g/mol. The van der Waals surface area contributed by atoms with Crippen LogP contribution in [0.4, 0.5) is 5.69 Å². The van der Waals surface area contributed by atoms with Crippen molar-refractivity contribution in [1.82, 2.24) is 5.32 Å². The summed E-state index contributed by atoms with van der Waals surface area (Å²) in [4.78, 5) is 25.3. The van der Waals surface area contributed by atoms with Gasteiger partial charge in [0.05, 0.1) is 5.41 Å². The van der Waals surface area contributed by atoms with Gasteiger partial charge in [0, 0.05) is 18.2 Å². The van der Waals surface area contributed by atoms with Gasteiger partial charge in [-0.05, 0) is 48.2 Å². The zero-order valence-electron chi connectivity index (χ0n) is 18.2. The van der Waals surface area contributed by atoms with E-state index < -0.39 is 5.41 Å². The van der Waals surface area contributed by atoms with E-state index in [1.165, 1.54) is 0 Å². The molecule has 0 radical (unpaired) electrons. The van der Waals surface area contributed by atoms with E-state index in [1.807, 2.05) is 56.3 Å². The predicted octanol–water partition coefficient (Wildman–Crippen LogP) is 4.53. The Balaban J connectivity index is 1.46. The largest absolute Gasteiger partial charge is 0.454 e. The van der Waals surface area contributed by atoms with Crippen molar-refractivity contribution >= 4 is 17.5 Å². The third kappa shape index (κ3) is 4.53. The number of benzene rings is 2. The fraction of sp³-hybridized carbons (Fsp3) is 0.440. The van der Waals surface area contributed by atoms with Crippen molar-refractivity contribution in [2.75, 3.05) is 12.1 Å². The molecule has 6 nitrogen and oxygen atoms in total. The number of amides is 2. The molecule has 2 aromatic carbocycles. The van der Waals surface area contributed by atoms with Gasteiger partial charge in [-0.25, -0.2) is 0 Å². The molecule has 2 amide bonds. The molecule has 0 aromatic heterocycles. The minimum atomic E-state index is -0.537. The lowest BCUT2D eigenvalue weighted by molar-refractivity contribution is -0.128. The topological polar surface area (TPSA) is 76.7 Å². The quantitative estimate of drug-likeness (QED) is 0.717. The average Bonchev–Trinajstić information content (AvgIpc) is 3.26. The fourth-order valence-corrected chi connectivity index (χ4v) is 4.34. The third-order valence-electron chi connectivity index (χ3n) is 6.27. The first-order valence-corrected chi connectivity index (χ1v) is 11.1. The van der Waals surface area contributed by atoms with Gasteiger partial charge in [-0.15, -0.1) is 0 Å². The van der Waals surface area contributed by atoms with Crippen molar-refractivity contribution in [2.24, 2.45) is 5.92 Å². The Hall–Kier alpha value is -3.02. The van der Waals surface area contributed by atoms with E-state index in [1.54, 1.807) is 0 Å². The van der Waals surface area contributed by atoms with Crippen LogP contribution in [0.5, 0.6) is 11.5 Å². The molecule has 1 aliphatic carbocycles. The number of ether oxygens (including phenoxy) is 2. The van der Waals surface area contributed by atoms with E-state index in [0.717, 1.165) is 54.7 Å². The third-order valence-corrected chi connectivity index (χ3v) is 6.27. The van der Waals surface area contributed by atoms with Crippen LogP contribution >= 0.6 is 0 Å². The maximum absolute atomic E-state index is 13.4. The monoisotopic (exact) mass is 422 g/mol. The molecular weight excluding hydrogens is 392 g/mol. The van der Waals surface area contributed by atoms with Gasteiger partial charge >= 0.3 is 0 Å². The summed E-state index contributed by atoms with van der Waals surface area (Å²) in [6, 6.07) is 13.5. The van der Waals surface area contributed by atoms with Crippen LogP contribution in [-0.2, 0) is 21.5 Å². The van der Waals surface area contributed by atoms with Crippen LogP contribution in [0.15, 0.2) is 42.5 Å². The Bertz CT molecular complexity index is 946. The fourth-order valence-electron chi connectivity index (χ4n) is 4.34. The highest BCUT2D eigenvalue weighted by Gasteiger charge is 2.41. The van der Waals surface area contributed by atoms with Crippen LogP contribution in [0.3, 0.4) is 0 Å². The van der Waals surface area contributed by atoms with Gasteiger partial charge in [-0.1, -0.05) is 51.3 Å². The second-order valence-corrected chi connectivity index (χ2v) is 8.73. The lowest BCUT2D eigenvalue weighted by atomic mass is 9.68. The summed E-state index contributed by atoms with van der Waals surface area (Å²) in [5.74, 6) is 1.43. The van der Waals surface area contributed by atoms with E-state index >= 15 is 0 Å². The lowest BCUT2D eigenvalue weighted by Crippen LogP contribution is -2.45. The van der Waals surface area contributed by atoms with E-state index in [0.29, 0.717) is 12.3 Å². The van der Waals surface area contributed by atoms with E-state index in [4.69, 9.17) is 9.47 Å². The van der Waals surface area contributed by atoms with Crippen molar-refractivity contribution in [1.29, 1.82) is 0 Å². The molecule has 1 heterocycles. The first-order chi connectivity index (χ1) is 15.0. The molecule has 1 saturated carbocycles. The molecule has 4 rings (SSSR count). The summed E-state index contributed by atoms with van der Waals surface area (Å²) in [6.07, 6.45) is 4.89. The van der Waals surface area contributed by atoms with Crippen molar-refractivity contribution in [3.05, 3.63) is 53.6 Å². The molecule has 6 heteroatoms. The van der Waals surface area contributed by atoms with Crippen LogP contribution in [0.25, 0.3) is 0 Å². The summed E-state index contributed by atoms with van der Waals surface area (Å²) in [5, 5.41) is 6.04. The van der Waals surface area contributed by atoms with Crippen molar-refractivity contribution in [3.63, 3.8) is 0 Å². The van der Waals surface area contributed by atoms with Crippen LogP contribution in [0.1, 0.15) is 57.1 Å². The number of fused-ring (bicyclic) bond motifs is 1. The molecule has 1 fully saturated rings. The summed E-state index contributed by atoms with van der Waals surface area (Å²) < 4.78 is 11.0. The first-order valence-electron chi connectivity index (χ1n) is 11.1. The van der Waals surface area contributed by atoms with Crippen LogP contribution in [0, 0.1) is 5.92 Å². The van der Waals surface area contributed by atoms with Gasteiger partial charge in [0.2, 0.25) is 18.6 Å². The van der Waals surface area contributed by atoms with E-state index in [9.17, 15) is 9.59 Å². The molecule has 31 heavy (non-hydrogen) atoms. The Labute approximate surface area is 183 Å². The minimum Gasteiger partial charge on any atom is -0.454 e. The molecule has 1 aliphatic heterocycles. The standard InChI is InChI=1S/C25H30N2O4/c1-17(2)23(28)27-20-9-6-18(7-10-20)15-26-24(29)25(12-4-3-5-13-25)19-8-11-21-22(14-19)31-16-30-21/h6-11,14,17H,3-5,12-13,15-16H2,1-2H3,(H,26,29)(H,27,28). The molecule has 2 aliphatic rings. The predicted molar refractivity (Wildman–Crippen MR) is 119 cm³/mol. The van der Waals surface area contributed by atoms with Crippen molar-refractivity contribution in [2.45, 2.75) is 57.9 Å². The number of anilines is 1. The Morgan fingerprint density at radius 1 is 0.968 bits per heavy atom. The van der Waals surface area contributed by atoms with Gasteiger partial charge in [0.25, 0.3) is 0 Å².